The van der Waals surface area contributed by atoms with Gasteiger partial charge in [0.05, 0.1) is 5.69 Å². The summed E-state index contributed by atoms with van der Waals surface area (Å²) in [6, 6.07) is 1.95. The largest absolute Gasteiger partial charge is 0.370 e. The van der Waals surface area contributed by atoms with Crippen LogP contribution in [0.1, 0.15) is 25.4 Å². The molecule has 0 aromatic carbocycles. The third kappa shape index (κ3) is 3.87. The summed E-state index contributed by atoms with van der Waals surface area (Å²) in [4.78, 5) is 8.76. The lowest BCUT2D eigenvalue weighted by molar-refractivity contribution is 1.02. The average Bonchev–Trinajstić information content (AvgIpc) is 2.28. The van der Waals surface area contributed by atoms with E-state index >= 15 is 0 Å². The number of nitrogens with zero attached hydrogens (tertiary/aromatic N) is 2. The van der Waals surface area contributed by atoms with E-state index in [2.05, 4.69) is 21.9 Å². The minimum Gasteiger partial charge on any atom is -0.370 e. The second-order valence-corrected chi connectivity index (χ2v) is 3.57. The Morgan fingerprint density at radius 3 is 2.82 bits per heavy atom. The van der Waals surface area contributed by atoms with Crippen LogP contribution in [-0.2, 0) is 0 Å². The van der Waals surface area contributed by atoms with Gasteiger partial charge in [-0.3, -0.25) is 0 Å². The van der Waals surface area contributed by atoms with Gasteiger partial charge in [0.15, 0.2) is 0 Å². The number of aromatic nitrogens is 2. The number of anilines is 1. The first kappa shape index (κ1) is 13.2. The van der Waals surface area contributed by atoms with E-state index in [9.17, 15) is 0 Å². The Hall–Kier alpha value is -1.90. The molecule has 0 fully saturated rings. The van der Waals surface area contributed by atoms with Crippen LogP contribution in [0, 0.1) is 6.92 Å². The molecular formula is C14H19N3. The van der Waals surface area contributed by atoms with Crippen molar-refractivity contribution in [1.29, 1.82) is 0 Å². The SMILES string of the molecule is C=C/C=C(\C=C/C)c1cc(NCC)nc(C)n1. The fourth-order valence-corrected chi connectivity index (χ4v) is 1.52. The van der Waals surface area contributed by atoms with Crippen LogP contribution >= 0.6 is 0 Å². The zero-order valence-corrected chi connectivity index (χ0v) is 10.7. The normalized spacial score (nSPS) is 11.8. The van der Waals surface area contributed by atoms with E-state index in [0.717, 1.165) is 29.5 Å². The molecular weight excluding hydrogens is 210 g/mol. The fourth-order valence-electron chi connectivity index (χ4n) is 1.52. The summed E-state index contributed by atoms with van der Waals surface area (Å²) >= 11 is 0. The van der Waals surface area contributed by atoms with Crippen LogP contribution in [0.3, 0.4) is 0 Å². The Morgan fingerprint density at radius 2 is 2.24 bits per heavy atom. The number of nitrogens with one attached hydrogen (secondary N) is 1. The predicted molar refractivity (Wildman–Crippen MR) is 73.9 cm³/mol. The first-order valence-electron chi connectivity index (χ1n) is 5.76. The Bertz CT molecular complexity index is 445. The van der Waals surface area contributed by atoms with Gasteiger partial charge in [-0.15, -0.1) is 0 Å². The summed E-state index contributed by atoms with van der Waals surface area (Å²) < 4.78 is 0. The molecule has 1 aromatic rings. The number of hydrogen-bond acceptors (Lipinski definition) is 3. The molecule has 0 aliphatic rings. The Kier molecular flexibility index (Phi) is 5.14. The molecule has 3 nitrogen and oxygen atoms in total. The van der Waals surface area contributed by atoms with Crippen LogP contribution in [0.15, 0.2) is 36.9 Å². The molecule has 1 heterocycles. The van der Waals surface area contributed by atoms with Gasteiger partial charge in [0.2, 0.25) is 0 Å². The van der Waals surface area contributed by atoms with Crippen molar-refractivity contribution in [3.05, 3.63) is 48.5 Å². The smallest absolute Gasteiger partial charge is 0.130 e. The van der Waals surface area contributed by atoms with Gasteiger partial charge in [-0.2, -0.15) is 0 Å². The quantitative estimate of drug-likeness (QED) is 0.787. The van der Waals surface area contributed by atoms with Gasteiger partial charge < -0.3 is 5.32 Å². The second kappa shape index (κ2) is 6.63. The number of hydrogen-bond donors (Lipinski definition) is 1. The maximum atomic E-state index is 4.44. The lowest BCUT2D eigenvalue weighted by Crippen LogP contribution is -2.03. The van der Waals surface area contributed by atoms with Crippen molar-refractivity contribution in [2.75, 3.05) is 11.9 Å². The minimum atomic E-state index is 0.762. The highest BCUT2D eigenvalue weighted by molar-refractivity contribution is 5.74. The molecule has 1 N–H and O–H groups in total. The van der Waals surface area contributed by atoms with E-state index in [-0.39, 0.29) is 0 Å². The highest BCUT2D eigenvalue weighted by Crippen LogP contribution is 2.17. The molecule has 1 aromatic heterocycles. The molecule has 17 heavy (non-hydrogen) atoms. The van der Waals surface area contributed by atoms with Crippen molar-refractivity contribution in [1.82, 2.24) is 9.97 Å². The maximum absolute atomic E-state index is 4.44. The molecule has 3 heteroatoms. The lowest BCUT2D eigenvalue weighted by Gasteiger charge is -2.07. The highest BCUT2D eigenvalue weighted by atomic mass is 15.0. The zero-order valence-electron chi connectivity index (χ0n) is 10.7. The van der Waals surface area contributed by atoms with E-state index in [1.165, 1.54) is 0 Å². The summed E-state index contributed by atoms with van der Waals surface area (Å²) in [5, 5.41) is 3.20. The number of aryl methyl sites for hydroxylation is 1. The predicted octanol–water partition coefficient (Wildman–Crippen LogP) is 3.36. The lowest BCUT2D eigenvalue weighted by atomic mass is 10.1. The Balaban J connectivity index is 3.18. The van der Waals surface area contributed by atoms with E-state index in [4.69, 9.17) is 0 Å². The minimum absolute atomic E-state index is 0.762. The topological polar surface area (TPSA) is 37.8 Å². The second-order valence-electron chi connectivity index (χ2n) is 3.57. The monoisotopic (exact) mass is 229 g/mol. The number of allylic oxidation sites excluding steroid dienone is 5. The van der Waals surface area contributed by atoms with Gasteiger partial charge in [0, 0.05) is 12.6 Å². The molecule has 0 bridgehead atoms. The van der Waals surface area contributed by atoms with Crippen molar-refractivity contribution in [2.45, 2.75) is 20.8 Å². The summed E-state index contributed by atoms with van der Waals surface area (Å²) in [7, 11) is 0. The zero-order chi connectivity index (χ0) is 12.7. The highest BCUT2D eigenvalue weighted by Gasteiger charge is 2.03. The van der Waals surface area contributed by atoms with Gasteiger partial charge in [0.25, 0.3) is 0 Å². The van der Waals surface area contributed by atoms with E-state index in [1.54, 1.807) is 6.08 Å². The van der Waals surface area contributed by atoms with E-state index < -0.39 is 0 Å². The molecule has 0 amide bonds. The third-order valence-corrected chi connectivity index (χ3v) is 2.14. The first-order chi connectivity index (χ1) is 8.21. The summed E-state index contributed by atoms with van der Waals surface area (Å²) in [5.74, 6) is 1.62. The van der Waals surface area contributed by atoms with Crippen LogP contribution in [0.4, 0.5) is 5.82 Å². The molecule has 0 saturated heterocycles. The molecule has 0 unspecified atom stereocenters. The van der Waals surface area contributed by atoms with Crippen LogP contribution in [0.5, 0.6) is 0 Å². The summed E-state index contributed by atoms with van der Waals surface area (Å²) in [6.45, 7) is 10.5. The maximum Gasteiger partial charge on any atom is 0.130 e. The third-order valence-electron chi connectivity index (χ3n) is 2.14. The molecule has 0 radical (unpaired) electrons. The summed E-state index contributed by atoms with van der Waals surface area (Å²) in [5.41, 5.74) is 1.94. The molecule has 0 atom stereocenters. The van der Waals surface area contributed by atoms with Gasteiger partial charge >= 0.3 is 0 Å². The first-order valence-corrected chi connectivity index (χ1v) is 5.76. The Morgan fingerprint density at radius 1 is 1.47 bits per heavy atom. The molecule has 0 aliphatic carbocycles. The molecule has 0 saturated carbocycles. The Labute approximate surface area is 103 Å². The van der Waals surface area contributed by atoms with Crippen LogP contribution in [-0.4, -0.2) is 16.5 Å². The van der Waals surface area contributed by atoms with Crippen molar-refractivity contribution in [3.63, 3.8) is 0 Å². The molecule has 90 valence electrons. The summed E-state index contributed by atoms with van der Waals surface area (Å²) in [6.07, 6.45) is 7.70. The van der Waals surface area contributed by atoms with Crippen molar-refractivity contribution < 1.29 is 0 Å². The van der Waals surface area contributed by atoms with Gasteiger partial charge in [-0.1, -0.05) is 30.9 Å². The van der Waals surface area contributed by atoms with Gasteiger partial charge in [0.1, 0.15) is 11.6 Å². The van der Waals surface area contributed by atoms with Gasteiger partial charge in [-0.25, -0.2) is 9.97 Å². The fraction of sp³-hybridized carbons (Fsp3) is 0.286. The van der Waals surface area contributed by atoms with Gasteiger partial charge in [-0.05, 0) is 26.3 Å². The van der Waals surface area contributed by atoms with Crippen molar-refractivity contribution in [3.8, 4) is 0 Å². The van der Waals surface area contributed by atoms with E-state index in [0.29, 0.717) is 0 Å². The number of rotatable bonds is 5. The standard InChI is InChI=1S/C14H19N3/c1-5-8-12(9-6-2)13-10-14(15-7-3)17-11(4)16-13/h5-6,8-10H,1,7H2,2-4H3,(H,15,16,17)/b9-6-,12-8+. The molecule has 1 rings (SSSR count). The van der Waals surface area contributed by atoms with Crippen LogP contribution < -0.4 is 5.32 Å². The van der Waals surface area contributed by atoms with E-state index in [1.807, 2.05) is 45.1 Å². The van der Waals surface area contributed by atoms with Crippen LogP contribution in [0.2, 0.25) is 0 Å². The average molecular weight is 229 g/mol. The molecule has 0 aliphatic heterocycles. The van der Waals surface area contributed by atoms with Crippen LogP contribution in [0.25, 0.3) is 5.57 Å². The van der Waals surface area contributed by atoms with Crippen molar-refractivity contribution in [2.24, 2.45) is 0 Å². The van der Waals surface area contributed by atoms with Crippen molar-refractivity contribution >= 4 is 11.4 Å². The molecule has 0 spiro atoms.